The predicted octanol–water partition coefficient (Wildman–Crippen LogP) is 3.98. The molecule has 0 saturated heterocycles. The lowest BCUT2D eigenvalue weighted by atomic mass is 10.1. The molecule has 0 saturated carbocycles. The molecule has 0 aromatic heterocycles. The highest BCUT2D eigenvalue weighted by Gasteiger charge is 2.28. The lowest BCUT2D eigenvalue weighted by molar-refractivity contribution is -0.141. The summed E-state index contributed by atoms with van der Waals surface area (Å²) in [6, 6.07) is 9.67. The Bertz CT molecular complexity index is 1140. The number of carbonyl (C=O) groups excluding carboxylic acids is 2. The van der Waals surface area contributed by atoms with Crippen molar-refractivity contribution in [3.05, 3.63) is 58.9 Å². The molecule has 11 heteroatoms. The molecule has 0 unspecified atom stereocenters. The maximum atomic E-state index is 13.4. The minimum Gasteiger partial charge on any atom is -0.495 e. The van der Waals surface area contributed by atoms with Crippen LogP contribution in [0.4, 0.5) is 10.1 Å². The predicted molar refractivity (Wildman–Crippen MR) is 139 cm³/mol. The molecule has 2 amide bonds. The summed E-state index contributed by atoms with van der Waals surface area (Å²) < 4.78 is 44.6. The van der Waals surface area contributed by atoms with Gasteiger partial charge >= 0.3 is 0 Å². The highest BCUT2D eigenvalue weighted by atomic mass is 35.5. The van der Waals surface area contributed by atoms with Gasteiger partial charge in [-0.3, -0.25) is 13.9 Å². The number of rotatable bonds is 13. The van der Waals surface area contributed by atoms with Crippen LogP contribution in [0, 0.1) is 5.82 Å². The second kappa shape index (κ2) is 13.5. The van der Waals surface area contributed by atoms with Crippen molar-refractivity contribution in [2.45, 2.75) is 45.7 Å². The van der Waals surface area contributed by atoms with Crippen LogP contribution in [0.15, 0.2) is 42.5 Å². The normalized spacial score (nSPS) is 12.1. The Kier molecular flexibility index (Phi) is 11.0. The summed E-state index contributed by atoms with van der Waals surface area (Å²) >= 11 is 6.17. The zero-order valence-electron chi connectivity index (χ0n) is 21.0. The second-order valence-corrected chi connectivity index (χ2v) is 10.5. The number of ether oxygens (including phenoxy) is 1. The third-order valence-corrected chi connectivity index (χ3v) is 7.07. The van der Waals surface area contributed by atoms with E-state index in [0.717, 1.165) is 6.26 Å². The molecular weight excluding hydrogens is 509 g/mol. The first kappa shape index (κ1) is 29.4. The maximum Gasteiger partial charge on any atom is 0.242 e. The minimum absolute atomic E-state index is 0.00695. The Morgan fingerprint density at radius 3 is 2.33 bits per heavy atom. The number of nitrogens with zero attached hydrogens (tertiary/aromatic N) is 2. The first-order valence-corrected chi connectivity index (χ1v) is 13.9. The Balaban J connectivity index is 2.21. The fourth-order valence-electron chi connectivity index (χ4n) is 3.81. The van der Waals surface area contributed by atoms with Crippen molar-refractivity contribution < 1.29 is 27.1 Å². The van der Waals surface area contributed by atoms with Crippen molar-refractivity contribution >= 4 is 39.1 Å². The van der Waals surface area contributed by atoms with Gasteiger partial charge in [-0.1, -0.05) is 30.7 Å². The molecule has 2 aromatic carbocycles. The van der Waals surface area contributed by atoms with Crippen LogP contribution in [0.2, 0.25) is 5.02 Å². The molecule has 0 heterocycles. The summed E-state index contributed by atoms with van der Waals surface area (Å²) in [6.45, 7) is 4.18. The van der Waals surface area contributed by atoms with E-state index >= 15 is 0 Å². The molecule has 0 fully saturated rings. The monoisotopic (exact) mass is 541 g/mol. The molecule has 0 aliphatic rings. The summed E-state index contributed by atoms with van der Waals surface area (Å²) in [6.07, 6.45) is 1.68. The Hall–Kier alpha value is -2.85. The Morgan fingerprint density at radius 1 is 1.14 bits per heavy atom. The van der Waals surface area contributed by atoms with Gasteiger partial charge in [-0.25, -0.2) is 12.8 Å². The standard InChI is InChI=1S/C25H33ClFN3O5S/c1-5-22(25(32)28-6-2)29(17-18-9-11-19(27)12-10-18)24(31)8-7-15-30(36(4,33)34)20-13-14-23(35-3)21(26)16-20/h9-14,16,22H,5-8,15,17H2,1-4H3,(H,28,32)/t22-/m1/s1. The number of sulfonamides is 1. The van der Waals surface area contributed by atoms with Crippen LogP contribution >= 0.6 is 11.6 Å². The van der Waals surface area contributed by atoms with E-state index in [1.807, 2.05) is 6.92 Å². The number of halogens is 2. The molecule has 198 valence electrons. The second-order valence-electron chi connectivity index (χ2n) is 8.22. The van der Waals surface area contributed by atoms with Crippen LogP contribution in [-0.4, -0.2) is 57.6 Å². The third-order valence-electron chi connectivity index (χ3n) is 5.58. The molecule has 0 aliphatic carbocycles. The molecule has 1 atom stereocenters. The van der Waals surface area contributed by atoms with Gasteiger partial charge in [0.25, 0.3) is 0 Å². The van der Waals surface area contributed by atoms with Crippen LogP contribution in [0.3, 0.4) is 0 Å². The number of methoxy groups -OCH3 is 1. The van der Waals surface area contributed by atoms with Crippen LogP contribution in [0.5, 0.6) is 5.75 Å². The molecule has 8 nitrogen and oxygen atoms in total. The van der Waals surface area contributed by atoms with Crippen molar-refractivity contribution in [2.24, 2.45) is 0 Å². The van der Waals surface area contributed by atoms with Crippen LogP contribution in [0.25, 0.3) is 0 Å². The molecule has 2 aromatic rings. The van der Waals surface area contributed by atoms with Gasteiger partial charge in [0.1, 0.15) is 17.6 Å². The van der Waals surface area contributed by atoms with Gasteiger partial charge in [0.15, 0.2) is 0 Å². The molecule has 0 spiro atoms. The number of likely N-dealkylation sites (N-methyl/N-ethyl adjacent to an activating group) is 1. The molecule has 2 rings (SSSR count). The van der Waals surface area contributed by atoms with Gasteiger partial charge in [0.05, 0.1) is 24.1 Å². The first-order chi connectivity index (χ1) is 17.0. The number of hydrogen-bond acceptors (Lipinski definition) is 5. The van der Waals surface area contributed by atoms with Crippen LogP contribution < -0.4 is 14.4 Å². The Morgan fingerprint density at radius 2 is 1.81 bits per heavy atom. The maximum absolute atomic E-state index is 13.4. The average molecular weight is 542 g/mol. The van der Waals surface area contributed by atoms with Gasteiger partial charge < -0.3 is 15.0 Å². The summed E-state index contributed by atoms with van der Waals surface area (Å²) in [5.74, 6) is -0.567. The fraction of sp³-hybridized carbons (Fsp3) is 0.440. The van der Waals surface area contributed by atoms with E-state index in [2.05, 4.69) is 5.32 Å². The van der Waals surface area contributed by atoms with Crippen molar-refractivity contribution in [1.29, 1.82) is 0 Å². The van der Waals surface area contributed by atoms with Crippen molar-refractivity contribution in [3.8, 4) is 5.75 Å². The SMILES string of the molecule is CCNC(=O)[C@@H](CC)N(Cc1ccc(F)cc1)C(=O)CCCN(c1ccc(OC)c(Cl)c1)S(C)(=O)=O. The van der Waals surface area contributed by atoms with E-state index < -0.39 is 21.9 Å². The van der Waals surface area contributed by atoms with Gasteiger partial charge in [0.2, 0.25) is 21.8 Å². The summed E-state index contributed by atoms with van der Waals surface area (Å²) in [4.78, 5) is 27.4. The quantitative estimate of drug-likeness (QED) is 0.414. The fourth-order valence-corrected chi connectivity index (χ4v) is 5.02. The van der Waals surface area contributed by atoms with E-state index in [1.54, 1.807) is 31.2 Å². The number of amides is 2. The molecule has 0 radical (unpaired) electrons. The minimum atomic E-state index is -3.66. The smallest absolute Gasteiger partial charge is 0.242 e. The molecular formula is C25H33ClFN3O5S. The van der Waals surface area contributed by atoms with Crippen LogP contribution in [-0.2, 0) is 26.2 Å². The molecule has 1 N–H and O–H groups in total. The number of anilines is 1. The number of benzene rings is 2. The summed E-state index contributed by atoms with van der Waals surface area (Å²) in [5.41, 5.74) is 1.03. The highest BCUT2D eigenvalue weighted by molar-refractivity contribution is 7.92. The van der Waals surface area contributed by atoms with Gasteiger partial charge in [-0.2, -0.15) is 0 Å². The number of nitrogens with one attached hydrogen (secondary N) is 1. The largest absolute Gasteiger partial charge is 0.495 e. The van der Waals surface area contributed by atoms with Crippen molar-refractivity contribution in [2.75, 3.05) is 30.8 Å². The summed E-state index contributed by atoms with van der Waals surface area (Å²) in [5, 5.41) is 3.02. The van der Waals surface area contributed by atoms with E-state index in [4.69, 9.17) is 16.3 Å². The van der Waals surface area contributed by atoms with Gasteiger partial charge in [-0.15, -0.1) is 0 Å². The van der Waals surface area contributed by atoms with E-state index in [-0.39, 0.29) is 42.8 Å². The average Bonchev–Trinajstić information content (AvgIpc) is 2.82. The molecule has 0 aliphatic heterocycles. The Labute approximate surface area is 217 Å². The third kappa shape index (κ3) is 8.09. The molecule has 0 bridgehead atoms. The van der Waals surface area contributed by atoms with Gasteiger partial charge in [0, 0.05) is 26.1 Å². The highest BCUT2D eigenvalue weighted by Crippen LogP contribution is 2.30. The lowest BCUT2D eigenvalue weighted by Gasteiger charge is -2.31. The molecule has 36 heavy (non-hydrogen) atoms. The first-order valence-electron chi connectivity index (χ1n) is 11.6. The number of hydrogen-bond donors (Lipinski definition) is 1. The summed E-state index contributed by atoms with van der Waals surface area (Å²) in [7, 11) is -2.20. The van der Waals surface area contributed by atoms with Crippen LogP contribution in [0.1, 0.15) is 38.7 Å². The zero-order chi connectivity index (χ0) is 26.9. The van der Waals surface area contributed by atoms with E-state index in [1.165, 1.54) is 34.5 Å². The topological polar surface area (TPSA) is 96.0 Å². The van der Waals surface area contributed by atoms with Crippen molar-refractivity contribution in [3.63, 3.8) is 0 Å². The van der Waals surface area contributed by atoms with E-state index in [9.17, 15) is 22.4 Å². The lowest BCUT2D eigenvalue weighted by Crippen LogP contribution is -2.49. The number of carbonyl (C=O) groups is 2. The van der Waals surface area contributed by atoms with Gasteiger partial charge in [-0.05, 0) is 55.7 Å². The van der Waals surface area contributed by atoms with E-state index in [0.29, 0.717) is 30.0 Å². The van der Waals surface area contributed by atoms with Crippen molar-refractivity contribution in [1.82, 2.24) is 10.2 Å². The zero-order valence-corrected chi connectivity index (χ0v) is 22.5.